The van der Waals surface area contributed by atoms with Gasteiger partial charge in [-0.1, -0.05) is 59.6 Å². The highest BCUT2D eigenvalue weighted by Crippen LogP contribution is 2.25. The van der Waals surface area contributed by atoms with Crippen LogP contribution in [-0.2, 0) is 11.2 Å². The molecule has 0 spiro atoms. The summed E-state index contributed by atoms with van der Waals surface area (Å²) in [6, 6.07) is 19.4. The number of aliphatic carboxylic acids is 1. The number of hydrogen-bond acceptors (Lipinski definition) is 3. The molecule has 0 unspecified atom stereocenters. The lowest BCUT2D eigenvalue weighted by atomic mass is 9.99. The number of carboxylic acids is 1. The minimum Gasteiger partial charge on any atom is -0.480 e. The normalized spacial score (nSPS) is 12.4. The maximum Gasteiger partial charge on any atom is 0.320 e. The van der Waals surface area contributed by atoms with Crippen LogP contribution in [0.25, 0.3) is 0 Å². The molecule has 3 aromatic carbocycles. The van der Waals surface area contributed by atoms with E-state index >= 15 is 0 Å². The van der Waals surface area contributed by atoms with Crippen LogP contribution in [0.15, 0.2) is 77.8 Å². The monoisotopic (exact) mass is 484 g/mol. The molecule has 0 saturated carbocycles. The lowest BCUT2D eigenvalue weighted by Crippen LogP contribution is -2.36. The number of carbonyl (C=O) groups is 2. The maximum atomic E-state index is 12.6. The number of amides is 1. The molecule has 170 valence electrons. The highest BCUT2D eigenvalue weighted by Gasteiger charge is 2.17. The van der Waals surface area contributed by atoms with Gasteiger partial charge in [-0.05, 0) is 59.5 Å². The van der Waals surface area contributed by atoms with Crippen molar-refractivity contribution < 1.29 is 14.7 Å². The van der Waals surface area contributed by atoms with E-state index in [2.05, 4.69) is 10.3 Å². The van der Waals surface area contributed by atoms with Gasteiger partial charge in [0.15, 0.2) is 5.96 Å². The Hall–Kier alpha value is -3.39. The summed E-state index contributed by atoms with van der Waals surface area (Å²) in [5, 5.41) is 13.2. The molecular weight excluding hydrogens is 463 g/mol. The molecule has 6 N–H and O–H groups in total. The zero-order valence-corrected chi connectivity index (χ0v) is 18.9. The molecule has 33 heavy (non-hydrogen) atoms. The molecule has 0 aliphatic carbocycles. The highest BCUT2D eigenvalue weighted by atomic mass is 35.5. The predicted octanol–water partition coefficient (Wildman–Crippen LogP) is 3.78. The molecule has 3 aromatic rings. The Balaban J connectivity index is 1.78. The first-order chi connectivity index (χ1) is 15.7. The van der Waals surface area contributed by atoms with Crippen LogP contribution >= 0.6 is 23.2 Å². The van der Waals surface area contributed by atoms with Crippen molar-refractivity contribution in [3.05, 3.63) is 105 Å². The number of nitrogens with one attached hydrogen (secondary N) is 1. The summed E-state index contributed by atoms with van der Waals surface area (Å²) in [7, 11) is 0. The van der Waals surface area contributed by atoms with Crippen molar-refractivity contribution >= 4 is 41.0 Å². The molecule has 3 rings (SSSR count). The minimum atomic E-state index is -1.09. The average Bonchev–Trinajstić information content (AvgIpc) is 2.79. The molecule has 0 bridgehead atoms. The standard InChI is InChI=1S/C24H22Cl2N4O3/c25-18-9-5-15(6-10-18)21(16-7-11-19(26)12-8-16)29-24(28)30-22(31)17-3-1-14(2-4-17)13-20(27)23(32)33/h1-12,20-21H,13,27H2,(H,32,33)(H3,28,29,30,31)/t20-/m0/s1. The lowest BCUT2D eigenvalue weighted by Gasteiger charge is -2.20. The summed E-state index contributed by atoms with van der Waals surface area (Å²) in [6.07, 6.45) is 0.153. The van der Waals surface area contributed by atoms with Crippen LogP contribution in [0.3, 0.4) is 0 Å². The predicted molar refractivity (Wildman–Crippen MR) is 130 cm³/mol. The van der Waals surface area contributed by atoms with Crippen molar-refractivity contribution in [1.29, 1.82) is 0 Å². The van der Waals surface area contributed by atoms with Crippen molar-refractivity contribution in [1.82, 2.24) is 5.32 Å². The number of guanidine groups is 1. The first-order valence-corrected chi connectivity index (χ1v) is 10.7. The van der Waals surface area contributed by atoms with Crippen LogP contribution in [0.1, 0.15) is 33.1 Å². The van der Waals surface area contributed by atoms with Crippen molar-refractivity contribution in [3.8, 4) is 0 Å². The van der Waals surface area contributed by atoms with Crippen LogP contribution in [0, 0.1) is 0 Å². The van der Waals surface area contributed by atoms with Crippen LogP contribution < -0.4 is 16.8 Å². The summed E-state index contributed by atoms with van der Waals surface area (Å²) in [5.41, 5.74) is 14.3. The van der Waals surface area contributed by atoms with Crippen molar-refractivity contribution in [2.24, 2.45) is 16.5 Å². The van der Waals surface area contributed by atoms with Gasteiger partial charge < -0.3 is 21.9 Å². The Morgan fingerprint density at radius 2 is 1.36 bits per heavy atom. The first-order valence-electron chi connectivity index (χ1n) is 9.96. The quantitative estimate of drug-likeness (QED) is 0.298. The average molecular weight is 485 g/mol. The van der Waals surface area contributed by atoms with E-state index in [0.29, 0.717) is 21.2 Å². The second-order valence-electron chi connectivity index (χ2n) is 7.33. The van der Waals surface area contributed by atoms with Crippen LogP contribution in [0.4, 0.5) is 0 Å². The second-order valence-corrected chi connectivity index (χ2v) is 8.20. The van der Waals surface area contributed by atoms with Gasteiger partial charge in [-0.2, -0.15) is 4.99 Å². The van der Waals surface area contributed by atoms with Gasteiger partial charge in [-0.25, -0.2) is 0 Å². The van der Waals surface area contributed by atoms with E-state index in [1.54, 1.807) is 48.5 Å². The number of nitrogens with two attached hydrogens (primary N) is 2. The summed E-state index contributed by atoms with van der Waals surface area (Å²) in [4.78, 5) is 27.4. The molecule has 9 heteroatoms. The Bertz CT molecular complexity index is 1100. The fraction of sp³-hybridized carbons (Fsp3) is 0.125. The van der Waals surface area contributed by atoms with Crippen LogP contribution in [-0.4, -0.2) is 29.0 Å². The van der Waals surface area contributed by atoms with E-state index in [4.69, 9.17) is 39.8 Å². The van der Waals surface area contributed by atoms with Gasteiger partial charge in [0.2, 0.25) is 0 Å². The van der Waals surface area contributed by atoms with Gasteiger partial charge in [0.1, 0.15) is 6.04 Å². The van der Waals surface area contributed by atoms with Crippen molar-refractivity contribution in [3.63, 3.8) is 0 Å². The van der Waals surface area contributed by atoms with E-state index in [1.165, 1.54) is 0 Å². The zero-order valence-electron chi connectivity index (χ0n) is 17.4. The Morgan fingerprint density at radius 1 is 0.879 bits per heavy atom. The number of nitrogens with zero attached hydrogens (tertiary/aromatic N) is 1. The number of rotatable bonds is 7. The number of benzene rings is 3. The van der Waals surface area contributed by atoms with Crippen molar-refractivity contribution in [2.45, 2.75) is 18.5 Å². The van der Waals surface area contributed by atoms with Gasteiger partial charge in [0, 0.05) is 15.6 Å². The molecule has 1 atom stereocenters. The van der Waals surface area contributed by atoms with Gasteiger partial charge in [-0.15, -0.1) is 0 Å². The summed E-state index contributed by atoms with van der Waals surface area (Å²) in [5.74, 6) is -1.69. The van der Waals surface area contributed by atoms with E-state index in [0.717, 1.165) is 11.1 Å². The number of carboxylic acid groups (broad SMARTS) is 1. The van der Waals surface area contributed by atoms with Gasteiger partial charge in [0.05, 0.1) is 6.04 Å². The topological polar surface area (TPSA) is 131 Å². The second kappa shape index (κ2) is 11.0. The van der Waals surface area contributed by atoms with E-state index in [9.17, 15) is 9.59 Å². The summed E-state index contributed by atoms with van der Waals surface area (Å²) < 4.78 is 0. The lowest BCUT2D eigenvalue weighted by molar-refractivity contribution is -0.138. The van der Waals surface area contributed by atoms with Crippen molar-refractivity contribution in [2.75, 3.05) is 0 Å². The number of hydrogen-bond donors (Lipinski definition) is 4. The van der Waals surface area contributed by atoms with E-state index < -0.39 is 24.0 Å². The third-order valence-electron chi connectivity index (χ3n) is 4.89. The number of carbonyl (C=O) groups excluding carboxylic acids is 1. The Labute approximate surface area is 201 Å². The molecule has 0 aromatic heterocycles. The van der Waals surface area contributed by atoms with E-state index in [-0.39, 0.29) is 12.4 Å². The van der Waals surface area contributed by atoms with Gasteiger partial charge in [-0.3, -0.25) is 9.59 Å². The molecule has 0 saturated heterocycles. The molecule has 0 aliphatic rings. The smallest absolute Gasteiger partial charge is 0.320 e. The Kier molecular flexibility index (Phi) is 8.06. The Morgan fingerprint density at radius 3 is 1.82 bits per heavy atom. The summed E-state index contributed by atoms with van der Waals surface area (Å²) >= 11 is 12.0. The molecular formula is C24H22Cl2N4O3. The molecule has 7 nitrogen and oxygen atoms in total. The molecule has 0 radical (unpaired) electrons. The third-order valence-corrected chi connectivity index (χ3v) is 5.40. The summed E-state index contributed by atoms with van der Waals surface area (Å²) in [6.45, 7) is 0. The fourth-order valence-corrected chi connectivity index (χ4v) is 3.40. The maximum absolute atomic E-state index is 12.6. The zero-order chi connectivity index (χ0) is 24.0. The fourth-order valence-electron chi connectivity index (χ4n) is 3.15. The highest BCUT2D eigenvalue weighted by molar-refractivity contribution is 6.30. The van der Waals surface area contributed by atoms with Gasteiger partial charge in [0.25, 0.3) is 5.91 Å². The first kappa shape index (κ1) is 24.3. The molecule has 0 aliphatic heterocycles. The molecule has 0 heterocycles. The molecule has 0 fully saturated rings. The van der Waals surface area contributed by atoms with Crippen LogP contribution in [0.2, 0.25) is 10.0 Å². The molecule has 1 amide bonds. The number of aliphatic imine (C=N–C) groups is 1. The minimum absolute atomic E-state index is 0.0631. The van der Waals surface area contributed by atoms with Gasteiger partial charge >= 0.3 is 5.97 Å². The number of halogens is 2. The largest absolute Gasteiger partial charge is 0.480 e. The van der Waals surface area contributed by atoms with E-state index in [1.807, 2.05) is 24.3 Å². The SMILES string of the molecule is N/C(=N\C(=O)c1ccc(C[C@H](N)C(=O)O)cc1)NC(c1ccc(Cl)cc1)c1ccc(Cl)cc1. The van der Waals surface area contributed by atoms with Crippen LogP contribution in [0.5, 0.6) is 0 Å². The third kappa shape index (κ3) is 6.79.